The summed E-state index contributed by atoms with van der Waals surface area (Å²) in [5.74, 6) is 0.933. The van der Waals surface area contributed by atoms with Crippen molar-refractivity contribution in [2.45, 2.75) is 6.04 Å². The minimum atomic E-state index is -0.252. The summed E-state index contributed by atoms with van der Waals surface area (Å²) in [4.78, 5) is 32.3. The number of pyridine rings is 3. The summed E-state index contributed by atoms with van der Waals surface area (Å²) in [6, 6.07) is 9.26. The highest BCUT2D eigenvalue weighted by atomic mass is 16.1. The van der Waals surface area contributed by atoms with Crippen LogP contribution < -0.4 is 16.0 Å². The molecular weight excluding hydrogens is 380 g/mol. The zero-order valence-electron chi connectivity index (χ0n) is 16.4. The van der Waals surface area contributed by atoms with Gasteiger partial charge in [0.15, 0.2) is 0 Å². The van der Waals surface area contributed by atoms with Gasteiger partial charge in [0.2, 0.25) is 0 Å². The van der Waals surface area contributed by atoms with Gasteiger partial charge in [0.1, 0.15) is 11.6 Å². The van der Waals surface area contributed by atoms with Crippen molar-refractivity contribution in [3.63, 3.8) is 0 Å². The van der Waals surface area contributed by atoms with E-state index in [4.69, 9.17) is 10.7 Å². The number of nitrogens with two attached hydrogens (primary N) is 1. The molecule has 9 nitrogen and oxygen atoms in total. The van der Waals surface area contributed by atoms with Crippen molar-refractivity contribution in [2.24, 2.45) is 12.8 Å². The lowest BCUT2D eigenvalue weighted by Crippen LogP contribution is -2.56. The second-order valence-corrected chi connectivity index (χ2v) is 7.37. The number of carbonyl (C=O) groups is 1. The first-order valence-electron chi connectivity index (χ1n) is 9.58. The Morgan fingerprint density at radius 3 is 2.80 bits per heavy atom. The minimum Gasteiger partial charge on any atom is -0.353 e. The van der Waals surface area contributed by atoms with Crippen molar-refractivity contribution in [1.29, 1.82) is 0 Å². The SMILES string of the molecule is Cn1cncc1-c1ccc2cnc(NC(=O)c3ccnc(N4CC(N)C4)c3)cc2n1. The minimum absolute atomic E-state index is 0.162. The van der Waals surface area contributed by atoms with Crippen molar-refractivity contribution in [3.8, 4) is 11.4 Å². The maximum absolute atomic E-state index is 12.7. The van der Waals surface area contributed by atoms with E-state index in [1.807, 2.05) is 28.6 Å². The van der Waals surface area contributed by atoms with E-state index in [2.05, 4.69) is 20.3 Å². The molecule has 0 unspecified atom stereocenters. The predicted octanol–water partition coefficient (Wildman–Crippen LogP) is 1.82. The number of nitrogens with zero attached hydrogens (tertiary/aromatic N) is 6. The van der Waals surface area contributed by atoms with Gasteiger partial charge in [0.25, 0.3) is 5.91 Å². The number of hydrogen-bond acceptors (Lipinski definition) is 7. The van der Waals surface area contributed by atoms with Crippen LogP contribution >= 0.6 is 0 Å². The van der Waals surface area contributed by atoms with Gasteiger partial charge in [-0.15, -0.1) is 0 Å². The molecule has 1 aliphatic rings. The van der Waals surface area contributed by atoms with Crippen molar-refractivity contribution in [2.75, 3.05) is 23.3 Å². The van der Waals surface area contributed by atoms with Gasteiger partial charge in [-0.3, -0.25) is 4.79 Å². The van der Waals surface area contributed by atoms with Gasteiger partial charge in [-0.2, -0.15) is 0 Å². The average Bonchev–Trinajstić information content (AvgIpc) is 3.17. The smallest absolute Gasteiger partial charge is 0.257 e. The number of anilines is 2. The molecule has 5 heterocycles. The van der Waals surface area contributed by atoms with Crippen LogP contribution in [0, 0.1) is 0 Å². The summed E-state index contributed by atoms with van der Waals surface area (Å²) >= 11 is 0. The van der Waals surface area contributed by atoms with Crippen LogP contribution in [0.1, 0.15) is 10.4 Å². The molecule has 1 aliphatic heterocycles. The first-order chi connectivity index (χ1) is 14.6. The van der Waals surface area contributed by atoms with E-state index in [9.17, 15) is 4.79 Å². The summed E-state index contributed by atoms with van der Waals surface area (Å²) in [6.45, 7) is 1.49. The Kier molecular flexibility index (Phi) is 4.36. The molecule has 1 amide bonds. The molecule has 0 saturated carbocycles. The Morgan fingerprint density at radius 2 is 2.03 bits per heavy atom. The Labute approximate surface area is 172 Å². The van der Waals surface area contributed by atoms with E-state index < -0.39 is 0 Å². The fourth-order valence-corrected chi connectivity index (χ4v) is 3.45. The molecule has 0 aromatic carbocycles. The highest BCUT2D eigenvalue weighted by molar-refractivity contribution is 6.04. The summed E-state index contributed by atoms with van der Waals surface area (Å²) in [6.07, 6.45) is 6.83. The highest BCUT2D eigenvalue weighted by Gasteiger charge is 2.24. The molecule has 0 aliphatic carbocycles. The van der Waals surface area contributed by atoms with Crippen LogP contribution in [0.25, 0.3) is 22.3 Å². The summed E-state index contributed by atoms with van der Waals surface area (Å²) < 4.78 is 1.91. The fraction of sp³-hybridized carbons (Fsp3) is 0.190. The second-order valence-electron chi connectivity index (χ2n) is 7.37. The third kappa shape index (κ3) is 3.35. The number of hydrogen-bond donors (Lipinski definition) is 2. The first-order valence-corrected chi connectivity index (χ1v) is 9.58. The van der Waals surface area contributed by atoms with E-state index in [1.54, 1.807) is 43.1 Å². The Hall–Kier alpha value is -3.85. The van der Waals surface area contributed by atoms with E-state index in [0.29, 0.717) is 11.4 Å². The zero-order valence-corrected chi connectivity index (χ0v) is 16.4. The number of aromatic nitrogens is 5. The third-order valence-electron chi connectivity index (χ3n) is 5.14. The number of imidazole rings is 1. The van der Waals surface area contributed by atoms with E-state index >= 15 is 0 Å². The van der Waals surface area contributed by atoms with E-state index in [0.717, 1.165) is 41.2 Å². The molecule has 3 N–H and O–H groups in total. The third-order valence-corrected chi connectivity index (χ3v) is 5.14. The molecule has 30 heavy (non-hydrogen) atoms. The number of nitrogens with one attached hydrogen (secondary N) is 1. The van der Waals surface area contributed by atoms with Crippen molar-refractivity contribution < 1.29 is 4.79 Å². The van der Waals surface area contributed by atoms with Gasteiger partial charge < -0.3 is 20.5 Å². The van der Waals surface area contributed by atoms with Crippen LogP contribution in [0.2, 0.25) is 0 Å². The van der Waals surface area contributed by atoms with Crippen LogP contribution in [-0.2, 0) is 7.05 Å². The Bertz CT molecular complexity index is 1240. The van der Waals surface area contributed by atoms with Gasteiger partial charge in [-0.1, -0.05) is 0 Å². The highest BCUT2D eigenvalue weighted by Crippen LogP contribution is 2.22. The normalized spacial score (nSPS) is 14.0. The predicted molar refractivity (Wildman–Crippen MR) is 114 cm³/mol. The van der Waals surface area contributed by atoms with Crippen LogP contribution in [0.3, 0.4) is 0 Å². The molecule has 150 valence electrons. The van der Waals surface area contributed by atoms with E-state index in [-0.39, 0.29) is 11.9 Å². The van der Waals surface area contributed by atoms with E-state index in [1.165, 1.54) is 0 Å². The number of amides is 1. The molecule has 9 heteroatoms. The van der Waals surface area contributed by atoms with Gasteiger partial charge in [-0.05, 0) is 24.3 Å². The number of carbonyl (C=O) groups excluding carboxylic acids is 1. The van der Waals surface area contributed by atoms with Crippen LogP contribution in [0.15, 0.2) is 55.2 Å². The van der Waals surface area contributed by atoms with Crippen molar-refractivity contribution >= 4 is 28.4 Å². The second kappa shape index (κ2) is 7.20. The monoisotopic (exact) mass is 400 g/mol. The molecule has 0 atom stereocenters. The molecule has 5 rings (SSSR count). The summed E-state index contributed by atoms with van der Waals surface area (Å²) in [5, 5.41) is 3.74. The van der Waals surface area contributed by atoms with Crippen LogP contribution in [0.5, 0.6) is 0 Å². The molecule has 1 saturated heterocycles. The van der Waals surface area contributed by atoms with Crippen molar-refractivity contribution in [3.05, 3.63) is 60.8 Å². The molecule has 0 radical (unpaired) electrons. The molecular formula is C21H20N8O. The van der Waals surface area contributed by atoms with Crippen LogP contribution in [-0.4, -0.2) is 49.5 Å². The molecule has 0 spiro atoms. The lowest BCUT2D eigenvalue weighted by Gasteiger charge is -2.37. The largest absolute Gasteiger partial charge is 0.353 e. The van der Waals surface area contributed by atoms with Gasteiger partial charge in [0.05, 0.1) is 29.4 Å². The van der Waals surface area contributed by atoms with Gasteiger partial charge in [0, 0.05) is 55.6 Å². The van der Waals surface area contributed by atoms with Gasteiger partial charge in [-0.25, -0.2) is 19.9 Å². The van der Waals surface area contributed by atoms with Gasteiger partial charge >= 0.3 is 0 Å². The summed E-state index contributed by atoms with van der Waals surface area (Å²) in [5.41, 5.74) is 8.80. The maximum atomic E-state index is 12.7. The average molecular weight is 400 g/mol. The lowest BCUT2D eigenvalue weighted by molar-refractivity contribution is 0.102. The Morgan fingerprint density at radius 1 is 1.17 bits per heavy atom. The number of aryl methyl sites for hydroxylation is 1. The number of fused-ring (bicyclic) bond motifs is 1. The topological polar surface area (TPSA) is 115 Å². The molecule has 4 aromatic rings. The molecule has 1 fully saturated rings. The van der Waals surface area contributed by atoms with Crippen molar-refractivity contribution in [1.82, 2.24) is 24.5 Å². The first kappa shape index (κ1) is 18.2. The zero-order chi connectivity index (χ0) is 20.7. The Balaban J connectivity index is 1.39. The standard InChI is InChI=1S/C21H20N8O/c1-28-12-23-9-18(28)16-3-2-14-8-25-19(7-17(14)26-16)27-21(30)13-4-5-24-20(6-13)29-10-15(22)11-29/h2-9,12,15H,10-11,22H2,1H3,(H,25,27,30). The van der Waals surface area contributed by atoms with Crippen LogP contribution in [0.4, 0.5) is 11.6 Å². The quantitative estimate of drug-likeness (QED) is 0.537. The number of rotatable bonds is 4. The molecule has 4 aromatic heterocycles. The fourth-order valence-electron chi connectivity index (χ4n) is 3.45. The molecule has 0 bridgehead atoms. The maximum Gasteiger partial charge on any atom is 0.257 e. The summed E-state index contributed by atoms with van der Waals surface area (Å²) in [7, 11) is 1.92. The lowest BCUT2D eigenvalue weighted by atomic mass is 10.1.